The second-order valence-corrected chi connectivity index (χ2v) is 30.5. The third-order valence-corrected chi connectivity index (χ3v) is 25.6. The zero-order valence-corrected chi connectivity index (χ0v) is 26.0. The number of halogens is 2. The van der Waals surface area contributed by atoms with Gasteiger partial charge in [-0.3, -0.25) is 0 Å². The molecule has 0 radical (unpaired) electrons. The van der Waals surface area contributed by atoms with E-state index in [1.165, 1.54) is 23.1 Å². The smallest absolute Gasteiger partial charge is 1.00 e. The van der Waals surface area contributed by atoms with E-state index in [9.17, 15) is 0 Å². The van der Waals surface area contributed by atoms with Crippen molar-refractivity contribution in [2.24, 2.45) is 0 Å². The number of hydrogen-bond donors (Lipinski definition) is 0. The van der Waals surface area contributed by atoms with Crippen LogP contribution in [0.1, 0.15) is 70.2 Å². The molecule has 2 aromatic rings. The van der Waals surface area contributed by atoms with Gasteiger partial charge in [-0.25, -0.2) is 0 Å². The van der Waals surface area contributed by atoms with E-state index >= 15 is 0 Å². The first-order valence-electron chi connectivity index (χ1n) is 11.5. The van der Waals surface area contributed by atoms with Crippen molar-refractivity contribution in [1.82, 2.24) is 0 Å². The molecule has 0 amide bonds. The summed E-state index contributed by atoms with van der Waals surface area (Å²) in [6.07, 6.45) is 9.55. The number of hydrogen-bond acceptors (Lipinski definition) is 0. The molecule has 0 aromatic heterocycles. The first-order valence-corrected chi connectivity index (χ1v) is 21.1. The van der Waals surface area contributed by atoms with Gasteiger partial charge in [0.15, 0.2) is 0 Å². The average molecular weight is 564 g/mol. The summed E-state index contributed by atoms with van der Waals surface area (Å²) in [6.45, 7) is 19.5. The molecule has 2 aliphatic carbocycles. The first kappa shape index (κ1) is 27.8. The first-order chi connectivity index (χ1) is 14.0. The Kier molecular flexibility index (Phi) is 8.76. The van der Waals surface area contributed by atoms with Crippen LogP contribution in [-0.4, -0.2) is 5.92 Å². The molecule has 0 saturated heterocycles. The van der Waals surface area contributed by atoms with Gasteiger partial charge < -0.3 is 24.8 Å². The number of allylic oxidation sites excluding steroid dienone is 4. The molecule has 2 aliphatic rings. The maximum Gasteiger partial charge on any atom is -1.00 e. The summed E-state index contributed by atoms with van der Waals surface area (Å²) in [7, 11) is 0. The molecule has 32 heavy (non-hydrogen) atoms. The van der Waals surface area contributed by atoms with Crippen molar-refractivity contribution in [3.05, 3.63) is 74.1 Å². The molecule has 4 rings (SSSR count). The van der Waals surface area contributed by atoms with Crippen LogP contribution in [0.15, 0.2) is 51.8 Å². The van der Waals surface area contributed by atoms with E-state index < -0.39 is 26.8 Å². The second-order valence-electron chi connectivity index (χ2n) is 11.5. The minimum Gasteiger partial charge on any atom is -1.00 e. The van der Waals surface area contributed by atoms with Crippen LogP contribution in [0.4, 0.5) is 0 Å². The van der Waals surface area contributed by atoms with E-state index in [1.807, 2.05) is 6.55 Å². The fourth-order valence-corrected chi connectivity index (χ4v) is 24.9. The Bertz CT molecular complexity index is 1050. The Balaban J connectivity index is 0.00000181. The standard InChI is InChI=1S/C21H25.C5H5.C2H7Si.2ClH.Zr/c1-20(2,3)16-7-9-18-14(12-16)11-15-13-17(21(4,5)6)8-10-19(15)18;1-2-4-5-3-1;1-3-2;;;/h7-10,12H,11H2,1-6H3;1-3H,4H2;3H,1-2H3;2*1H;/q;;;;;+2/p-2. The van der Waals surface area contributed by atoms with Gasteiger partial charge in [0, 0.05) is 0 Å². The fraction of sp³-hybridized carbons (Fsp3) is 0.429. The van der Waals surface area contributed by atoms with Gasteiger partial charge >= 0.3 is 194 Å². The van der Waals surface area contributed by atoms with Gasteiger partial charge in [0.25, 0.3) is 0 Å². The molecule has 0 spiro atoms. The van der Waals surface area contributed by atoms with Crippen LogP contribution >= 0.6 is 0 Å². The van der Waals surface area contributed by atoms with E-state index in [-0.39, 0.29) is 35.6 Å². The third-order valence-electron chi connectivity index (χ3n) is 6.71. The topological polar surface area (TPSA) is 0 Å². The van der Waals surface area contributed by atoms with Gasteiger partial charge in [-0.1, -0.05) is 0 Å². The summed E-state index contributed by atoms with van der Waals surface area (Å²) in [5.41, 5.74) is 9.80. The average Bonchev–Trinajstić information content (AvgIpc) is 3.27. The van der Waals surface area contributed by atoms with Crippen molar-refractivity contribution in [3.8, 4) is 11.1 Å². The van der Waals surface area contributed by atoms with Gasteiger partial charge in [0.1, 0.15) is 0 Å². The van der Waals surface area contributed by atoms with Crippen LogP contribution in [0.25, 0.3) is 11.1 Å². The van der Waals surface area contributed by atoms with Gasteiger partial charge in [-0.15, -0.1) is 0 Å². The fourth-order valence-electron chi connectivity index (χ4n) is 5.14. The molecule has 2 aromatic carbocycles. The normalized spacial score (nSPS) is 14.5. The summed E-state index contributed by atoms with van der Waals surface area (Å²) in [4.78, 5) is 0. The molecule has 0 bridgehead atoms. The van der Waals surface area contributed by atoms with Gasteiger partial charge in [0.05, 0.1) is 0 Å². The Hall–Kier alpha value is -0.400. The molecule has 4 heteroatoms. The van der Waals surface area contributed by atoms with Crippen LogP contribution in [-0.2, 0) is 38.2 Å². The number of rotatable bonds is 3. The van der Waals surface area contributed by atoms with E-state index in [2.05, 4.69) is 103 Å². The monoisotopic (exact) mass is 561 g/mol. The maximum absolute atomic E-state index is 2.62. The summed E-state index contributed by atoms with van der Waals surface area (Å²) in [5.74, 6) is -0.746. The Labute approximate surface area is 217 Å². The van der Waals surface area contributed by atoms with Crippen molar-refractivity contribution in [2.45, 2.75) is 78.3 Å². The van der Waals surface area contributed by atoms with Gasteiger partial charge in [-0.2, -0.15) is 0 Å². The Morgan fingerprint density at radius 3 is 2.03 bits per heavy atom. The predicted octanol–water partition coefficient (Wildman–Crippen LogP) is 0.932. The van der Waals surface area contributed by atoms with Crippen molar-refractivity contribution < 1.29 is 45.7 Å². The van der Waals surface area contributed by atoms with Crippen LogP contribution in [0.2, 0.25) is 13.1 Å². The predicted molar refractivity (Wildman–Crippen MR) is 132 cm³/mol. The summed E-state index contributed by atoms with van der Waals surface area (Å²) >= 11 is -1.88. The third kappa shape index (κ3) is 5.14. The summed E-state index contributed by atoms with van der Waals surface area (Å²) in [5, 5.41) is 0. The van der Waals surface area contributed by atoms with E-state index in [4.69, 9.17) is 0 Å². The number of benzene rings is 2. The summed E-state index contributed by atoms with van der Waals surface area (Å²) in [6, 6.07) is 12.2. The van der Waals surface area contributed by atoms with Crippen molar-refractivity contribution >= 4 is 9.19 Å². The van der Waals surface area contributed by atoms with Crippen LogP contribution in [0.3, 0.4) is 0 Å². The quantitative estimate of drug-likeness (QED) is 0.416. The van der Waals surface area contributed by atoms with Crippen LogP contribution in [0.5, 0.6) is 0 Å². The SMILES string of the molecule is C[SiH](C)[Zr+2]([C]1=CC=CC1)[c]1c(C(C)(C)C)ccc2c1Cc1cc(C(C)(C)C)ccc1-2.[Cl-].[Cl-]. The largest absolute Gasteiger partial charge is 1.00 e. The van der Waals surface area contributed by atoms with Gasteiger partial charge in [0.2, 0.25) is 0 Å². The minimum atomic E-state index is -1.88. The molecule has 0 unspecified atom stereocenters. The molecule has 0 saturated carbocycles. The van der Waals surface area contributed by atoms with E-state index in [1.54, 1.807) is 16.7 Å². The second kappa shape index (κ2) is 10.1. The van der Waals surface area contributed by atoms with Crippen molar-refractivity contribution in [2.75, 3.05) is 0 Å². The molecule has 0 N–H and O–H groups in total. The Morgan fingerprint density at radius 1 is 0.844 bits per heavy atom. The van der Waals surface area contributed by atoms with E-state index in [0.29, 0.717) is 0 Å². The zero-order valence-electron chi connectivity index (χ0n) is 20.9. The molecular formula is C28H37Cl2SiZr. The minimum absolute atomic E-state index is 0. The molecular weight excluding hydrogens is 527 g/mol. The van der Waals surface area contributed by atoms with Crippen molar-refractivity contribution in [1.29, 1.82) is 0 Å². The summed E-state index contributed by atoms with van der Waals surface area (Å²) < 4.78 is 3.71. The molecule has 171 valence electrons. The molecule has 0 fully saturated rings. The molecule has 0 aliphatic heterocycles. The molecule has 0 heterocycles. The van der Waals surface area contributed by atoms with Gasteiger partial charge in [-0.05, 0) is 0 Å². The molecule has 0 atom stereocenters. The van der Waals surface area contributed by atoms with Crippen molar-refractivity contribution in [3.63, 3.8) is 0 Å². The maximum atomic E-state index is 2.62. The Morgan fingerprint density at radius 2 is 1.50 bits per heavy atom. The van der Waals surface area contributed by atoms with Crippen LogP contribution in [0, 0.1) is 0 Å². The molecule has 0 nitrogen and oxygen atoms in total. The zero-order chi connectivity index (χ0) is 21.8. The van der Waals surface area contributed by atoms with Crippen LogP contribution < -0.4 is 28.1 Å². The number of fused-ring (bicyclic) bond motifs is 3. The van der Waals surface area contributed by atoms with E-state index in [0.717, 1.165) is 6.42 Å².